The summed E-state index contributed by atoms with van der Waals surface area (Å²) in [6.45, 7) is 5.75. The molecule has 0 aromatic heterocycles. The van der Waals surface area contributed by atoms with Crippen molar-refractivity contribution in [3.05, 3.63) is 82.9 Å². The Labute approximate surface area is 174 Å². The average molecular weight is 391 g/mol. The van der Waals surface area contributed by atoms with E-state index >= 15 is 0 Å². The molecule has 0 spiro atoms. The standard InChI is InChI=1S/C26H30O3/c1-19(2)21-12-14-23-22(17-25(26(27)28-3)24(23)15-13-21)11-7-8-16-29-18-20-9-5-4-6-10-20/h4-6,9-10,12-15,17,19H,7-8,11,16,18H2,1-3H3. The van der Waals surface area contributed by atoms with E-state index in [4.69, 9.17) is 9.47 Å². The lowest BCUT2D eigenvalue weighted by atomic mass is 10.0. The molecule has 0 saturated carbocycles. The molecule has 2 aliphatic rings. The SMILES string of the molecule is COC(=O)c1cc(CCCCOCc2ccccc2)c2ccc(C(C)C)ccc1-2. The van der Waals surface area contributed by atoms with Gasteiger partial charge in [0.05, 0.1) is 19.3 Å². The van der Waals surface area contributed by atoms with Gasteiger partial charge in [0.2, 0.25) is 0 Å². The summed E-state index contributed by atoms with van der Waals surface area (Å²) in [4.78, 5) is 12.3. The Balaban J connectivity index is 1.64. The fraction of sp³-hybridized carbons (Fsp3) is 0.346. The maximum atomic E-state index is 12.3. The Morgan fingerprint density at radius 2 is 1.66 bits per heavy atom. The van der Waals surface area contributed by atoms with E-state index in [2.05, 4.69) is 50.2 Å². The zero-order chi connectivity index (χ0) is 20.6. The highest BCUT2D eigenvalue weighted by Crippen LogP contribution is 2.34. The van der Waals surface area contributed by atoms with Crippen LogP contribution in [-0.2, 0) is 22.5 Å². The molecule has 3 nitrogen and oxygen atoms in total. The summed E-state index contributed by atoms with van der Waals surface area (Å²) in [5, 5.41) is 0. The number of esters is 1. The third-order valence-electron chi connectivity index (χ3n) is 5.30. The van der Waals surface area contributed by atoms with Crippen LogP contribution in [0, 0.1) is 0 Å². The van der Waals surface area contributed by atoms with Crippen LogP contribution in [0.25, 0.3) is 11.1 Å². The van der Waals surface area contributed by atoms with Crippen molar-refractivity contribution in [3.63, 3.8) is 0 Å². The zero-order valence-electron chi connectivity index (χ0n) is 17.6. The quantitative estimate of drug-likeness (QED) is 0.320. The second-order valence-electron chi connectivity index (χ2n) is 7.72. The number of unbranched alkanes of at least 4 members (excludes halogenated alkanes) is 1. The number of aryl methyl sites for hydroxylation is 1. The van der Waals surface area contributed by atoms with Gasteiger partial charge in [0.25, 0.3) is 0 Å². The van der Waals surface area contributed by atoms with Crippen molar-refractivity contribution < 1.29 is 14.3 Å². The minimum atomic E-state index is -0.273. The third kappa shape index (κ3) is 5.45. The van der Waals surface area contributed by atoms with Gasteiger partial charge in [-0.25, -0.2) is 4.79 Å². The van der Waals surface area contributed by atoms with Crippen LogP contribution in [-0.4, -0.2) is 19.7 Å². The molecule has 0 N–H and O–H groups in total. The summed E-state index contributed by atoms with van der Waals surface area (Å²) in [5.74, 6) is 0.169. The van der Waals surface area contributed by atoms with Gasteiger partial charge >= 0.3 is 5.97 Å². The van der Waals surface area contributed by atoms with Crippen molar-refractivity contribution in [2.75, 3.05) is 13.7 Å². The summed E-state index contributed by atoms with van der Waals surface area (Å²) >= 11 is 0. The number of methoxy groups -OCH3 is 1. The normalized spacial score (nSPS) is 11.2. The molecular formula is C26H30O3. The summed E-state index contributed by atoms with van der Waals surface area (Å²) in [5.41, 5.74) is 6.43. The van der Waals surface area contributed by atoms with Gasteiger partial charge in [0.1, 0.15) is 0 Å². The Bertz CT molecular complexity index is 899. The van der Waals surface area contributed by atoms with E-state index in [1.54, 1.807) is 0 Å². The van der Waals surface area contributed by atoms with E-state index in [0.29, 0.717) is 18.1 Å². The molecule has 152 valence electrons. The highest BCUT2D eigenvalue weighted by molar-refractivity contribution is 6.00. The monoisotopic (exact) mass is 390 g/mol. The lowest BCUT2D eigenvalue weighted by Crippen LogP contribution is -2.00. The molecule has 29 heavy (non-hydrogen) atoms. The number of benzene rings is 1. The van der Waals surface area contributed by atoms with Crippen molar-refractivity contribution in [3.8, 4) is 11.1 Å². The predicted octanol–water partition coefficient (Wildman–Crippen LogP) is 6.24. The van der Waals surface area contributed by atoms with E-state index in [0.717, 1.165) is 37.0 Å². The maximum Gasteiger partial charge on any atom is 0.338 e. The van der Waals surface area contributed by atoms with Crippen molar-refractivity contribution in [2.45, 2.75) is 45.6 Å². The summed E-state index contributed by atoms with van der Waals surface area (Å²) in [6.07, 6.45) is 2.93. The average Bonchev–Trinajstić information content (AvgIpc) is 2.92. The maximum absolute atomic E-state index is 12.3. The van der Waals surface area contributed by atoms with Gasteiger partial charge in [-0.1, -0.05) is 68.4 Å². The lowest BCUT2D eigenvalue weighted by molar-refractivity contribution is 0.0602. The van der Waals surface area contributed by atoms with Gasteiger partial charge in [-0.15, -0.1) is 0 Å². The van der Waals surface area contributed by atoms with Gasteiger partial charge in [-0.3, -0.25) is 0 Å². The number of fused-ring (bicyclic) bond motifs is 1. The Kier molecular flexibility index (Phi) is 7.42. The van der Waals surface area contributed by atoms with Crippen LogP contribution in [0.15, 0.2) is 60.7 Å². The number of carbonyl (C=O) groups is 1. The molecule has 2 aliphatic carbocycles. The number of hydrogen-bond donors (Lipinski definition) is 0. The lowest BCUT2D eigenvalue weighted by Gasteiger charge is -2.05. The van der Waals surface area contributed by atoms with Gasteiger partial charge < -0.3 is 9.47 Å². The molecule has 3 heteroatoms. The largest absolute Gasteiger partial charge is 0.465 e. The van der Waals surface area contributed by atoms with E-state index < -0.39 is 0 Å². The molecule has 0 heterocycles. The molecule has 0 radical (unpaired) electrons. The minimum absolute atomic E-state index is 0.273. The van der Waals surface area contributed by atoms with Gasteiger partial charge in [0.15, 0.2) is 0 Å². The van der Waals surface area contributed by atoms with E-state index in [1.165, 1.54) is 23.8 Å². The predicted molar refractivity (Wildman–Crippen MR) is 118 cm³/mol. The first-order valence-corrected chi connectivity index (χ1v) is 10.4. The molecule has 0 saturated heterocycles. The molecular weight excluding hydrogens is 360 g/mol. The smallest absolute Gasteiger partial charge is 0.338 e. The minimum Gasteiger partial charge on any atom is -0.465 e. The van der Waals surface area contributed by atoms with Crippen LogP contribution >= 0.6 is 0 Å². The number of ether oxygens (including phenoxy) is 2. The molecule has 1 aromatic rings. The molecule has 0 atom stereocenters. The van der Waals surface area contributed by atoms with Crippen LogP contribution in [0.2, 0.25) is 0 Å². The Morgan fingerprint density at radius 1 is 0.931 bits per heavy atom. The first-order chi connectivity index (χ1) is 14.1. The van der Waals surface area contributed by atoms with Crippen molar-refractivity contribution >= 4 is 5.97 Å². The third-order valence-corrected chi connectivity index (χ3v) is 5.30. The zero-order valence-corrected chi connectivity index (χ0v) is 17.6. The van der Waals surface area contributed by atoms with Gasteiger partial charge in [0, 0.05) is 6.61 Å². The number of carbonyl (C=O) groups excluding carboxylic acids is 1. The van der Waals surface area contributed by atoms with Crippen molar-refractivity contribution in [1.82, 2.24) is 0 Å². The molecule has 0 aliphatic heterocycles. The highest BCUT2D eigenvalue weighted by Gasteiger charge is 2.20. The first kappa shape index (κ1) is 21.1. The topological polar surface area (TPSA) is 35.5 Å². The van der Waals surface area contributed by atoms with E-state index in [1.807, 2.05) is 24.3 Å². The van der Waals surface area contributed by atoms with Crippen LogP contribution < -0.4 is 0 Å². The van der Waals surface area contributed by atoms with Gasteiger partial charge in [-0.2, -0.15) is 0 Å². The van der Waals surface area contributed by atoms with Crippen LogP contribution in [0.1, 0.15) is 59.7 Å². The summed E-state index contributed by atoms with van der Waals surface area (Å²) < 4.78 is 10.8. The van der Waals surface area contributed by atoms with Crippen LogP contribution in [0.5, 0.6) is 0 Å². The summed E-state index contributed by atoms with van der Waals surface area (Å²) in [6, 6.07) is 20.7. The fourth-order valence-corrected chi connectivity index (χ4v) is 3.59. The highest BCUT2D eigenvalue weighted by atomic mass is 16.5. The van der Waals surface area contributed by atoms with Crippen molar-refractivity contribution in [1.29, 1.82) is 0 Å². The first-order valence-electron chi connectivity index (χ1n) is 10.4. The Morgan fingerprint density at radius 3 is 2.34 bits per heavy atom. The molecule has 1 aromatic carbocycles. The van der Waals surface area contributed by atoms with E-state index in [-0.39, 0.29) is 5.97 Å². The van der Waals surface area contributed by atoms with Crippen LogP contribution in [0.3, 0.4) is 0 Å². The molecule has 0 amide bonds. The molecule has 0 unspecified atom stereocenters. The number of rotatable bonds is 9. The van der Waals surface area contributed by atoms with E-state index in [9.17, 15) is 4.79 Å². The van der Waals surface area contributed by atoms with Gasteiger partial charge in [-0.05, 0) is 59.1 Å². The molecule has 0 bridgehead atoms. The Hall–Kier alpha value is -2.65. The fourth-order valence-electron chi connectivity index (χ4n) is 3.59. The molecule has 3 rings (SSSR count). The number of hydrogen-bond acceptors (Lipinski definition) is 3. The second-order valence-corrected chi connectivity index (χ2v) is 7.72. The van der Waals surface area contributed by atoms with Crippen LogP contribution in [0.4, 0.5) is 0 Å². The second kappa shape index (κ2) is 10.2. The molecule has 0 fully saturated rings. The van der Waals surface area contributed by atoms with Crippen molar-refractivity contribution in [2.24, 2.45) is 0 Å². The summed E-state index contributed by atoms with van der Waals surface area (Å²) in [7, 11) is 1.44.